The molecule has 0 aromatic carbocycles. The maximum atomic E-state index is 10.6. The molecule has 66 valence electrons. The minimum atomic E-state index is -0.557. The summed E-state index contributed by atoms with van der Waals surface area (Å²) in [7, 11) is 0. The summed E-state index contributed by atoms with van der Waals surface area (Å²) < 4.78 is 0. The van der Waals surface area contributed by atoms with Crippen LogP contribution >= 0.6 is 11.3 Å². The maximum absolute atomic E-state index is 10.6. The molecule has 0 saturated heterocycles. The van der Waals surface area contributed by atoms with Gasteiger partial charge in [-0.05, 0) is 35.2 Å². The molecule has 0 spiro atoms. The van der Waals surface area contributed by atoms with Crippen molar-refractivity contribution in [3.63, 3.8) is 0 Å². The number of hydrogen-bond acceptors (Lipinski definition) is 3. The fourth-order valence-electron chi connectivity index (χ4n) is 0.933. The predicted molar refractivity (Wildman–Crippen MR) is 49.9 cm³/mol. The zero-order valence-corrected chi connectivity index (χ0v) is 7.73. The van der Waals surface area contributed by atoms with E-state index in [4.69, 9.17) is 11.5 Å². The lowest BCUT2D eigenvalue weighted by molar-refractivity contribution is -0.119. The molecule has 1 unspecified atom stereocenters. The zero-order valence-electron chi connectivity index (χ0n) is 6.91. The normalized spacial score (nSPS) is 12.8. The van der Waals surface area contributed by atoms with Gasteiger partial charge in [-0.15, -0.1) is 0 Å². The molecule has 4 heteroatoms. The highest BCUT2D eigenvalue weighted by Crippen LogP contribution is 2.14. The minimum Gasteiger partial charge on any atom is -0.368 e. The molecule has 1 rings (SSSR count). The topological polar surface area (TPSA) is 69.1 Å². The van der Waals surface area contributed by atoms with Crippen LogP contribution in [0.15, 0.2) is 10.8 Å². The van der Waals surface area contributed by atoms with E-state index in [9.17, 15) is 4.79 Å². The molecule has 4 N–H and O–H groups in total. The largest absolute Gasteiger partial charge is 0.368 e. The maximum Gasteiger partial charge on any atom is 0.234 e. The van der Waals surface area contributed by atoms with E-state index in [2.05, 4.69) is 0 Å². The van der Waals surface area contributed by atoms with Gasteiger partial charge in [0, 0.05) is 0 Å². The van der Waals surface area contributed by atoms with E-state index >= 15 is 0 Å². The van der Waals surface area contributed by atoms with Crippen LogP contribution in [0.5, 0.6) is 0 Å². The van der Waals surface area contributed by atoms with Crippen molar-refractivity contribution in [1.82, 2.24) is 0 Å². The third-order valence-corrected chi connectivity index (χ3v) is 2.68. The summed E-state index contributed by atoms with van der Waals surface area (Å²) in [6.07, 6.45) is 0.546. The lowest BCUT2D eigenvalue weighted by Crippen LogP contribution is -2.38. The van der Waals surface area contributed by atoms with Gasteiger partial charge in [0.15, 0.2) is 0 Å². The van der Waals surface area contributed by atoms with Crippen molar-refractivity contribution in [2.45, 2.75) is 19.4 Å². The van der Waals surface area contributed by atoms with Crippen molar-refractivity contribution in [1.29, 1.82) is 0 Å². The lowest BCUT2D eigenvalue weighted by atomic mass is 10.1. The Morgan fingerprint density at radius 1 is 1.67 bits per heavy atom. The summed E-state index contributed by atoms with van der Waals surface area (Å²) in [6.45, 7) is 2.00. The Hall–Kier alpha value is -0.870. The molecule has 0 bridgehead atoms. The van der Waals surface area contributed by atoms with E-state index in [1.807, 2.05) is 17.7 Å². The van der Waals surface area contributed by atoms with Gasteiger partial charge < -0.3 is 11.5 Å². The molecular formula is C8H12N2OS. The molecule has 0 aliphatic heterocycles. The molecule has 0 radical (unpaired) electrons. The average molecular weight is 184 g/mol. The molecule has 1 aromatic rings. The molecule has 3 nitrogen and oxygen atoms in total. The van der Waals surface area contributed by atoms with E-state index in [1.54, 1.807) is 11.3 Å². The van der Waals surface area contributed by atoms with Crippen molar-refractivity contribution in [3.05, 3.63) is 21.9 Å². The third kappa shape index (κ3) is 2.06. The Kier molecular flexibility index (Phi) is 2.83. The number of amides is 1. The minimum absolute atomic E-state index is 0.444. The molecule has 12 heavy (non-hydrogen) atoms. The van der Waals surface area contributed by atoms with Gasteiger partial charge in [-0.1, -0.05) is 0 Å². The first-order valence-electron chi connectivity index (χ1n) is 3.68. The van der Waals surface area contributed by atoms with Crippen LogP contribution in [-0.4, -0.2) is 11.9 Å². The Morgan fingerprint density at radius 3 is 2.75 bits per heavy atom. The molecule has 0 saturated carbocycles. The summed E-state index contributed by atoms with van der Waals surface area (Å²) in [5.41, 5.74) is 12.8. The van der Waals surface area contributed by atoms with Gasteiger partial charge in [0.25, 0.3) is 0 Å². The van der Waals surface area contributed by atoms with Crippen LogP contribution in [0.2, 0.25) is 0 Å². The number of thiophene rings is 1. The quantitative estimate of drug-likeness (QED) is 0.714. The highest BCUT2D eigenvalue weighted by molar-refractivity contribution is 7.08. The molecule has 1 amide bonds. The van der Waals surface area contributed by atoms with Crippen LogP contribution in [0.1, 0.15) is 11.1 Å². The first kappa shape index (κ1) is 9.22. The average Bonchev–Trinajstić information content (AvgIpc) is 2.36. The number of carbonyl (C=O) groups is 1. The van der Waals surface area contributed by atoms with Crippen LogP contribution in [0.3, 0.4) is 0 Å². The van der Waals surface area contributed by atoms with E-state index in [0.717, 1.165) is 5.56 Å². The zero-order chi connectivity index (χ0) is 9.14. The number of rotatable bonds is 3. The monoisotopic (exact) mass is 184 g/mol. The summed E-state index contributed by atoms with van der Waals surface area (Å²) >= 11 is 1.61. The number of carbonyl (C=O) groups excluding carboxylic acids is 1. The second-order valence-corrected chi connectivity index (χ2v) is 3.54. The first-order chi connectivity index (χ1) is 5.61. The van der Waals surface area contributed by atoms with Crippen molar-refractivity contribution in [2.24, 2.45) is 11.5 Å². The number of primary amides is 1. The Bertz CT molecular complexity index is 282. The van der Waals surface area contributed by atoms with E-state index < -0.39 is 11.9 Å². The van der Waals surface area contributed by atoms with E-state index in [1.165, 1.54) is 5.56 Å². The summed E-state index contributed by atoms with van der Waals surface area (Å²) in [5, 5.41) is 4.03. The second kappa shape index (κ2) is 3.69. The van der Waals surface area contributed by atoms with Gasteiger partial charge in [-0.2, -0.15) is 11.3 Å². The molecular weight excluding hydrogens is 172 g/mol. The van der Waals surface area contributed by atoms with Crippen molar-refractivity contribution in [2.75, 3.05) is 0 Å². The van der Waals surface area contributed by atoms with Gasteiger partial charge in [-0.25, -0.2) is 0 Å². The molecule has 1 heterocycles. The smallest absolute Gasteiger partial charge is 0.234 e. The predicted octanol–water partition coefficient (Wildman–Crippen LogP) is 0.412. The number of aryl methyl sites for hydroxylation is 1. The fraction of sp³-hybridized carbons (Fsp3) is 0.375. The molecule has 1 atom stereocenters. The van der Waals surface area contributed by atoms with Gasteiger partial charge in [0.05, 0.1) is 6.04 Å². The van der Waals surface area contributed by atoms with Crippen molar-refractivity contribution in [3.8, 4) is 0 Å². The van der Waals surface area contributed by atoms with Gasteiger partial charge in [0.1, 0.15) is 0 Å². The van der Waals surface area contributed by atoms with Gasteiger partial charge in [-0.3, -0.25) is 4.79 Å². The highest BCUT2D eigenvalue weighted by atomic mass is 32.1. The number of nitrogens with two attached hydrogens (primary N) is 2. The summed E-state index contributed by atoms with van der Waals surface area (Å²) in [5.74, 6) is -0.444. The molecule has 0 fully saturated rings. The first-order valence-corrected chi connectivity index (χ1v) is 4.62. The summed E-state index contributed by atoms with van der Waals surface area (Å²) in [4.78, 5) is 10.6. The summed E-state index contributed by atoms with van der Waals surface area (Å²) in [6, 6.07) is -0.557. The van der Waals surface area contributed by atoms with Gasteiger partial charge >= 0.3 is 0 Å². The number of hydrogen-bond donors (Lipinski definition) is 2. The van der Waals surface area contributed by atoms with Crippen molar-refractivity contribution < 1.29 is 4.79 Å². The van der Waals surface area contributed by atoms with Crippen LogP contribution in [0.4, 0.5) is 0 Å². The van der Waals surface area contributed by atoms with Crippen LogP contribution in [0, 0.1) is 6.92 Å². The van der Waals surface area contributed by atoms with Gasteiger partial charge in [0.2, 0.25) is 5.91 Å². The fourth-order valence-corrected chi connectivity index (χ4v) is 1.80. The highest BCUT2D eigenvalue weighted by Gasteiger charge is 2.11. The Labute approximate surface area is 75.4 Å². The molecule has 1 aromatic heterocycles. The second-order valence-electron chi connectivity index (χ2n) is 2.79. The third-order valence-electron chi connectivity index (χ3n) is 1.77. The molecule has 0 aliphatic rings. The van der Waals surface area contributed by atoms with E-state index in [-0.39, 0.29) is 0 Å². The van der Waals surface area contributed by atoms with Crippen LogP contribution < -0.4 is 11.5 Å². The van der Waals surface area contributed by atoms with E-state index in [0.29, 0.717) is 6.42 Å². The molecule has 0 aliphatic carbocycles. The SMILES string of the molecule is Cc1cscc1CC(N)C(N)=O. The van der Waals surface area contributed by atoms with Crippen LogP contribution in [-0.2, 0) is 11.2 Å². The Morgan fingerprint density at radius 2 is 2.33 bits per heavy atom. The standard InChI is InChI=1S/C8H12N2OS/c1-5-3-12-4-6(5)2-7(9)8(10)11/h3-4,7H,2,9H2,1H3,(H2,10,11). The Balaban J connectivity index is 2.64. The van der Waals surface area contributed by atoms with Crippen molar-refractivity contribution >= 4 is 17.2 Å². The van der Waals surface area contributed by atoms with Crippen LogP contribution in [0.25, 0.3) is 0 Å². The lowest BCUT2D eigenvalue weighted by Gasteiger charge is -2.05.